The molecule has 2 heterocycles. The summed E-state index contributed by atoms with van der Waals surface area (Å²) < 4.78 is 2.05. The van der Waals surface area contributed by atoms with E-state index in [4.69, 9.17) is 12.2 Å². The Morgan fingerprint density at radius 1 is 1.17 bits per heavy atom. The van der Waals surface area contributed by atoms with Crippen LogP contribution in [0.4, 0.5) is 11.4 Å². The van der Waals surface area contributed by atoms with Crippen LogP contribution >= 0.6 is 12.2 Å². The summed E-state index contributed by atoms with van der Waals surface area (Å²) in [6, 6.07) is 14.3. The first kappa shape index (κ1) is 20.1. The summed E-state index contributed by atoms with van der Waals surface area (Å²) >= 11 is 5.45. The van der Waals surface area contributed by atoms with E-state index in [9.17, 15) is 4.79 Å². The largest absolute Gasteiger partial charge is 0.358 e. The third-order valence-corrected chi connectivity index (χ3v) is 5.56. The van der Waals surface area contributed by atoms with Crippen LogP contribution in [0.2, 0.25) is 0 Å². The summed E-state index contributed by atoms with van der Waals surface area (Å²) in [4.78, 5) is 18.1. The smallest absolute Gasteiger partial charge is 0.227 e. The molecule has 0 aliphatic carbocycles. The van der Waals surface area contributed by atoms with Crippen LogP contribution in [-0.2, 0) is 11.3 Å². The number of carbonyl (C=O) groups excluding carboxylic acids is 1. The molecular formula is C23H25N5OS. The molecular weight excluding hydrogens is 394 g/mol. The second-order valence-corrected chi connectivity index (χ2v) is 7.88. The molecule has 1 fully saturated rings. The Morgan fingerprint density at radius 2 is 1.97 bits per heavy atom. The van der Waals surface area contributed by atoms with Gasteiger partial charge in [0, 0.05) is 49.0 Å². The molecule has 2 aromatic carbocycles. The number of hydrogen-bond donors (Lipinski definition) is 2. The first-order valence-electron chi connectivity index (χ1n) is 10.1. The Bertz CT molecular complexity index is 1070. The van der Waals surface area contributed by atoms with Gasteiger partial charge in [-0.15, -0.1) is 0 Å². The van der Waals surface area contributed by atoms with Gasteiger partial charge in [0.1, 0.15) is 5.82 Å². The van der Waals surface area contributed by atoms with E-state index in [1.807, 2.05) is 47.7 Å². The molecule has 0 unspecified atom stereocenters. The van der Waals surface area contributed by atoms with E-state index < -0.39 is 0 Å². The number of carbonyl (C=O) groups is 1. The highest BCUT2D eigenvalue weighted by Crippen LogP contribution is 2.27. The highest BCUT2D eigenvalue weighted by molar-refractivity contribution is 7.80. The average molecular weight is 420 g/mol. The van der Waals surface area contributed by atoms with Gasteiger partial charge in [-0.05, 0) is 73.9 Å². The maximum Gasteiger partial charge on any atom is 0.227 e. The van der Waals surface area contributed by atoms with Crippen LogP contribution in [0.1, 0.15) is 29.8 Å². The number of hydrogen-bond acceptors (Lipinski definition) is 3. The van der Waals surface area contributed by atoms with E-state index in [2.05, 4.69) is 39.9 Å². The van der Waals surface area contributed by atoms with Crippen molar-refractivity contribution in [1.82, 2.24) is 14.9 Å². The highest BCUT2D eigenvalue weighted by atomic mass is 32.1. The molecule has 1 amide bonds. The third-order valence-electron chi connectivity index (χ3n) is 5.31. The number of anilines is 2. The molecule has 1 aliphatic rings. The highest BCUT2D eigenvalue weighted by Gasteiger charge is 2.22. The number of aromatic nitrogens is 2. The Balaban J connectivity index is 1.33. The molecule has 0 spiro atoms. The van der Waals surface area contributed by atoms with E-state index >= 15 is 0 Å². The lowest BCUT2D eigenvalue weighted by Gasteiger charge is -2.19. The Morgan fingerprint density at radius 3 is 2.60 bits per heavy atom. The minimum absolute atomic E-state index is 0.199. The number of nitrogens with one attached hydrogen (secondary N) is 2. The van der Waals surface area contributed by atoms with E-state index in [0.717, 1.165) is 47.0 Å². The molecule has 2 N–H and O–H groups in total. The van der Waals surface area contributed by atoms with Crippen LogP contribution in [0, 0.1) is 13.8 Å². The molecule has 30 heavy (non-hydrogen) atoms. The lowest BCUT2D eigenvalue weighted by atomic mass is 10.1. The average Bonchev–Trinajstić information content (AvgIpc) is 3.35. The maximum absolute atomic E-state index is 12.0. The number of thiocarbonyl (C=S) groups is 1. The maximum atomic E-state index is 12.0. The number of aryl methyl sites for hydroxylation is 2. The van der Waals surface area contributed by atoms with Crippen molar-refractivity contribution < 1.29 is 4.79 Å². The minimum Gasteiger partial charge on any atom is -0.358 e. The van der Waals surface area contributed by atoms with E-state index in [-0.39, 0.29) is 5.91 Å². The Kier molecular flexibility index (Phi) is 5.81. The Hall–Kier alpha value is -3.19. The molecule has 0 saturated carbocycles. The zero-order valence-electron chi connectivity index (χ0n) is 17.2. The van der Waals surface area contributed by atoms with Gasteiger partial charge in [0.05, 0.1) is 0 Å². The topological polar surface area (TPSA) is 62.2 Å². The molecule has 4 rings (SSSR count). The van der Waals surface area contributed by atoms with Gasteiger partial charge in [0.2, 0.25) is 5.91 Å². The molecule has 1 aliphatic heterocycles. The number of nitrogens with zero attached hydrogens (tertiary/aromatic N) is 3. The van der Waals surface area contributed by atoms with Crippen molar-refractivity contribution in [3.63, 3.8) is 0 Å². The van der Waals surface area contributed by atoms with Gasteiger partial charge in [-0.3, -0.25) is 4.79 Å². The molecule has 7 heteroatoms. The summed E-state index contributed by atoms with van der Waals surface area (Å²) in [6.07, 6.45) is 5.31. The van der Waals surface area contributed by atoms with Gasteiger partial charge in [0.15, 0.2) is 5.11 Å². The zero-order valence-corrected chi connectivity index (χ0v) is 18.0. The van der Waals surface area contributed by atoms with Crippen LogP contribution in [0.5, 0.6) is 0 Å². The lowest BCUT2D eigenvalue weighted by Crippen LogP contribution is -2.28. The fraction of sp³-hybridized carbons (Fsp3) is 0.261. The second kappa shape index (κ2) is 8.67. The number of imidazole rings is 1. The van der Waals surface area contributed by atoms with Crippen molar-refractivity contribution in [2.45, 2.75) is 33.2 Å². The van der Waals surface area contributed by atoms with Gasteiger partial charge in [-0.2, -0.15) is 0 Å². The summed E-state index contributed by atoms with van der Waals surface area (Å²) in [7, 11) is 0. The number of amides is 1. The Labute approximate surface area is 181 Å². The van der Waals surface area contributed by atoms with Gasteiger partial charge in [-0.1, -0.05) is 12.1 Å². The van der Waals surface area contributed by atoms with Crippen LogP contribution in [-0.4, -0.2) is 27.1 Å². The quantitative estimate of drug-likeness (QED) is 0.610. The number of benzene rings is 2. The fourth-order valence-corrected chi connectivity index (χ4v) is 3.91. The molecule has 1 saturated heterocycles. The van der Waals surface area contributed by atoms with Gasteiger partial charge >= 0.3 is 0 Å². The molecule has 3 aromatic rings. The van der Waals surface area contributed by atoms with Crippen molar-refractivity contribution in [3.05, 3.63) is 71.8 Å². The standard InChI is InChI=1S/C23H25N5OS/c1-16-14-19(7-10-21(16)28-12-3-4-22(28)29)26-23(30)25-15-18-5-8-20(9-6-18)27-13-11-24-17(27)2/h5-11,13-14H,3-4,12,15H2,1-2H3,(H2,25,26,30). The van der Waals surface area contributed by atoms with E-state index in [1.165, 1.54) is 0 Å². The molecule has 0 bridgehead atoms. The third kappa shape index (κ3) is 4.36. The summed E-state index contributed by atoms with van der Waals surface area (Å²) in [5.74, 6) is 1.16. The van der Waals surface area contributed by atoms with Crippen molar-refractivity contribution >= 4 is 34.6 Å². The van der Waals surface area contributed by atoms with Crippen LogP contribution in [0.25, 0.3) is 5.69 Å². The molecule has 0 atom stereocenters. The zero-order chi connectivity index (χ0) is 21.1. The van der Waals surface area contributed by atoms with Gasteiger partial charge < -0.3 is 20.1 Å². The van der Waals surface area contributed by atoms with Crippen molar-refractivity contribution in [2.24, 2.45) is 0 Å². The predicted octanol–water partition coefficient (Wildman–Crippen LogP) is 4.10. The summed E-state index contributed by atoms with van der Waals surface area (Å²) in [6.45, 7) is 5.43. The first-order valence-corrected chi connectivity index (χ1v) is 10.5. The van der Waals surface area contributed by atoms with Crippen LogP contribution in [0.15, 0.2) is 54.9 Å². The fourth-order valence-electron chi connectivity index (χ4n) is 3.72. The predicted molar refractivity (Wildman–Crippen MR) is 124 cm³/mol. The number of rotatable bonds is 5. The van der Waals surface area contributed by atoms with E-state index in [1.54, 1.807) is 6.20 Å². The molecule has 1 aromatic heterocycles. The molecule has 0 radical (unpaired) electrons. The van der Waals surface area contributed by atoms with Crippen LogP contribution in [0.3, 0.4) is 0 Å². The van der Waals surface area contributed by atoms with Crippen molar-refractivity contribution in [3.8, 4) is 5.69 Å². The van der Waals surface area contributed by atoms with Crippen molar-refractivity contribution in [2.75, 3.05) is 16.8 Å². The van der Waals surface area contributed by atoms with Gasteiger partial charge in [0.25, 0.3) is 0 Å². The lowest BCUT2D eigenvalue weighted by molar-refractivity contribution is -0.117. The first-order chi connectivity index (χ1) is 14.5. The normalized spacial score (nSPS) is 13.5. The SMILES string of the molecule is Cc1cc(NC(=S)NCc2ccc(-n3ccnc3C)cc2)ccc1N1CCCC1=O. The molecule has 6 nitrogen and oxygen atoms in total. The minimum atomic E-state index is 0.199. The second-order valence-electron chi connectivity index (χ2n) is 7.47. The van der Waals surface area contributed by atoms with E-state index in [0.29, 0.717) is 18.1 Å². The van der Waals surface area contributed by atoms with Crippen LogP contribution < -0.4 is 15.5 Å². The summed E-state index contributed by atoms with van der Waals surface area (Å²) in [5, 5.41) is 7.04. The van der Waals surface area contributed by atoms with Crippen molar-refractivity contribution in [1.29, 1.82) is 0 Å². The molecule has 154 valence electrons. The summed E-state index contributed by atoms with van der Waals surface area (Å²) in [5.41, 5.74) is 5.17. The monoisotopic (exact) mass is 419 g/mol. The van der Waals surface area contributed by atoms with Gasteiger partial charge in [-0.25, -0.2) is 4.98 Å².